The lowest BCUT2D eigenvalue weighted by molar-refractivity contribution is -0.118. The molecule has 0 bridgehead atoms. The molecule has 138 valence electrons. The van der Waals surface area contributed by atoms with Gasteiger partial charge in [-0.05, 0) is 42.0 Å². The van der Waals surface area contributed by atoms with E-state index in [2.05, 4.69) is 10.6 Å². The first-order chi connectivity index (χ1) is 12.3. The molecule has 2 N–H and O–H groups in total. The molecule has 1 aromatic heterocycles. The Morgan fingerprint density at radius 1 is 1.15 bits per heavy atom. The van der Waals surface area contributed by atoms with Crippen molar-refractivity contribution >= 4 is 34.8 Å². The molecule has 7 heteroatoms. The number of aryl methyl sites for hydroxylation is 1. The Kier molecular flexibility index (Phi) is 6.52. The summed E-state index contributed by atoms with van der Waals surface area (Å²) in [5, 5.41) is 7.38. The van der Waals surface area contributed by atoms with Crippen LogP contribution in [0.15, 0.2) is 35.7 Å². The van der Waals surface area contributed by atoms with E-state index in [1.165, 1.54) is 18.4 Å². The normalized spacial score (nSPS) is 11.7. The van der Waals surface area contributed by atoms with E-state index in [1.807, 2.05) is 20.8 Å². The van der Waals surface area contributed by atoms with E-state index in [4.69, 9.17) is 4.74 Å². The monoisotopic (exact) mass is 374 g/mol. The molecular weight excluding hydrogens is 352 g/mol. The second kappa shape index (κ2) is 8.62. The maximum atomic E-state index is 12.7. The number of hydrogen-bond donors (Lipinski definition) is 2. The molecule has 0 spiro atoms. The molecule has 0 radical (unpaired) electrons. The van der Waals surface area contributed by atoms with Crippen molar-refractivity contribution in [2.24, 2.45) is 5.92 Å². The molecule has 0 aliphatic carbocycles. The van der Waals surface area contributed by atoms with Crippen LogP contribution in [0.1, 0.15) is 39.4 Å². The number of benzene rings is 1. The van der Waals surface area contributed by atoms with Crippen LogP contribution >= 0.6 is 11.3 Å². The minimum absolute atomic E-state index is 0.108. The van der Waals surface area contributed by atoms with Gasteiger partial charge in [-0.15, -0.1) is 11.3 Å². The lowest BCUT2D eigenvalue weighted by atomic mass is 10.0. The van der Waals surface area contributed by atoms with E-state index in [-0.39, 0.29) is 17.7 Å². The van der Waals surface area contributed by atoms with Gasteiger partial charge in [0, 0.05) is 5.69 Å². The molecule has 0 aliphatic rings. The smallest absolute Gasteiger partial charge is 0.337 e. The fourth-order valence-electron chi connectivity index (χ4n) is 2.37. The molecule has 0 saturated heterocycles. The lowest BCUT2D eigenvalue weighted by Crippen LogP contribution is -2.47. The zero-order chi connectivity index (χ0) is 19.3. The number of ether oxygens (including phenoxy) is 1. The predicted octanol–water partition coefficient (Wildman–Crippen LogP) is 3.24. The molecule has 1 aromatic carbocycles. The molecule has 0 unspecified atom stereocenters. The number of hydrogen-bond acceptors (Lipinski definition) is 5. The summed E-state index contributed by atoms with van der Waals surface area (Å²) in [6.07, 6.45) is 0. The highest BCUT2D eigenvalue weighted by Gasteiger charge is 2.25. The zero-order valence-electron chi connectivity index (χ0n) is 15.2. The highest BCUT2D eigenvalue weighted by atomic mass is 32.1. The quantitative estimate of drug-likeness (QED) is 0.760. The minimum Gasteiger partial charge on any atom is -0.465 e. The second-order valence-electron chi connectivity index (χ2n) is 6.18. The average Bonchev–Trinajstić information content (AvgIpc) is 3.15. The van der Waals surface area contributed by atoms with Crippen molar-refractivity contribution in [1.82, 2.24) is 5.32 Å². The van der Waals surface area contributed by atoms with Crippen LogP contribution in [0.2, 0.25) is 0 Å². The molecule has 0 fully saturated rings. The fourth-order valence-corrected chi connectivity index (χ4v) is 2.99. The summed E-state index contributed by atoms with van der Waals surface area (Å²) in [5.74, 6) is -1.21. The van der Waals surface area contributed by atoms with Crippen LogP contribution in [0.25, 0.3) is 0 Å². The van der Waals surface area contributed by atoms with Gasteiger partial charge >= 0.3 is 5.97 Å². The first-order valence-electron chi connectivity index (χ1n) is 8.17. The fraction of sp³-hybridized carbons (Fsp3) is 0.316. The summed E-state index contributed by atoms with van der Waals surface area (Å²) in [6, 6.07) is 7.72. The standard InChI is InChI=1S/C19H22N2O4S/c1-11(2)16(21-17(22)15-6-5-9-26-15)18(23)20-14-10-13(19(24)25-4)8-7-12(14)3/h5-11,16H,1-4H3,(H,20,23)(H,21,22)/t16-/m0/s1. The number of amides is 2. The van der Waals surface area contributed by atoms with Crippen molar-refractivity contribution in [3.8, 4) is 0 Å². The van der Waals surface area contributed by atoms with Gasteiger partial charge in [0.25, 0.3) is 5.91 Å². The van der Waals surface area contributed by atoms with E-state index in [0.29, 0.717) is 16.1 Å². The van der Waals surface area contributed by atoms with Gasteiger partial charge in [0.05, 0.1) is 17.6 Å². The summed E-state index contributed by atoms with van der Waals surface area (Å²) in [5.41, 5.74) is 1.66. The Labute approximate surface area is 156 Å². The molecular formula is C19H22N2O4S. The molecule has 6 nitrogen and oxygen atoms in total. The van der Waals surface area contributed by atoms with Gasteiger partial charge in [0.15, 0.2) is 0 Å². The predicted molar refractivity (Wildman–Crippen MR) is 102 cm³/mol. The molecule has 0 saturated carbocycles. The van der Waals surface area contributed by atoms with E-state index in [9.17, 15) is 14.4 Å². The third-order valence-electron chi connectivity index (χ3n) is 3.90. The van der Waals surface area contributed by atoms with Crippen molar-refractivity contribution in [3.05, 3.63) is 51.7 Å². The van der Waals surface area contributed by atoms with Crippen LogP contribution < -0.4 is 10.6 Å². The molecule has 2 amide bonds. The summed E-state index contributed by atoms with van der Waals surface area (Å²) in [4.78, 5) is 37.2. The number of anilines is 1. The van der Waals surface area contributed by atoms with E-state index >= 15 is 0 Å². The van der Waals surface area contributed by atoms with Crippen molar-refractivity contribution in [1.29, 1.82) is 0 Å². The summed E-state index contributed by atoms with van der Waals surface area (Å²) in [7, 11) is 1.30. The molecule has 26 heavy (non-hydrogen) atoms. The van der Waals surface area contributed by atoms with Gasteiger partial charge in [0.1, 0.15) is 6.04 Å². The van der Waals surface area contributed by atoms with Crippen LogP contribution in [0.3, 0.4) is 0 Å². The Morgan fingerprint density at radius 2 is 1.88 bits per heavy atom. The van der Waals surface area contributed by atoms with Crippen molar-refractivity contribution in [2.75, 3.05) is 12.4 Å². The zero-order valence-corrected chi connectivity index (χ0v) is 16.0. The first kappa shape index (κ1) is 19.7. The number of rotatable bonds is 6. The van der Waals surface area contributed by atoms with Gasteiger partial charge in [-0.25, -0.2) is 4.79 Å². The second-order valence-corrected chi connectivity index (χ2v) is 7.13. The average molecular weight is 374 g/mol. The highest BCUT2D eigenvalue weighted by molar-refractivity contribution is 7.12. The van der Waals surface area contributed by atoms with Gasteiger partial charge in [-0.1, -0.05) is 26.0 Å². The first-order valence-corrected chi connectivity index (χ1v) is 9.05. The molecule has 1 atom stereocenters. The Balaban J connectivity index is 2.17. The SMILES string of the molecule is COC(=O)c1ccc(C)c(NC(=O)[C@@H](NC(=O)c2cccs2)C(C)C)c1. The maximum Gasteiger partial charge on any atom is 0.337 e. The van der Waals surface area contributed by atoms with Crippen LogP contribution in [0.4, 0.5) is 5.69 Å². The van der Waals surface area contributed by atoms with E-state index < -0.39 is 12.0 Å². The largest absolute Gasteiger partial charge is 0.465 e. The van der Waals surface area contributed by atoms with Gasteiger partial charge < -0.3 is 15.4 Å². The number of methoxy groups -OCH3 is 1. The Morgan fingerprint density at radius 3 is 2.46 bits per heavy atom. The van der Waals surface area contributed by atoms with Crippen molar-refractivity contribution < 1.29 is 19.1 Å². The molecule has 2 rings (SSSR count). The lowest BCUT2D eigenvalue weighted by Gasteiger charge is -2.22. The van der Waals surface area contributed by atoms with Gasteiger partial charge in [-0.3, -0.25) is 9.59 Å². The van der Waals surface area contributed by atoms with Crippen LogP contribution in [-0.4, -0.2) is 30.9 Å². The number of esters is 1. The summed E-state index contributed by atoms with van der Waals surface area (Å²) in [6.45, 7) is 5.54. The van der Waals surface area contributed by atoms with E-state index in [0.717, 1.165) is 5.56 Å². The maximum absolute atomic E-state index is 12.7. The topological polar surface area (TPSA) is 84.5 Å². The summed E-state index contributed by atoms with van der Waals surface area (Å²) >= 11 is 1.32. The Bertz CT molecular complexity index is 800. The van der Waals surface area contributed by atoms with Crippen LogP contribution in [0.5, 0.6) is 0 Å². The van der Waals surface area contributed by atoms with E-state index in [1.54, 1.807) is 35.7 Å². The van der Waals surface area contributed by atoms with Crippen molar-refractivity contribution in [2.45, 2.75) is 26.8 Å². The van der Waals surface area contributed by atoms with Crippen LogP contribution in [-0.2, 0) is 9.53 Å². The number of carbonyl (C=O) groups excluding carboxylic acids is 3. The summed E-state index contributed by atoms with van der Waals surface area (Å²) < 4.78 is 4.71. The van der Waals surface area contributed by atoms with Gasteiger partial charge in [0.2, 0.25) is 5.91 Å². The molecule has 0 aliphatic heterocycles. The minimum atomic E-state index is -0.703. The van der Waals surface area contributed by atoms with Crippen LogP contribution in [0, 0.1) is 12.8 Å². The number of carbonyl (C=O) groups is 3. The molecule has 1 heterocycles. The van der Waals surface area contributed by atoms with Crippen molar-refractivity contribution in [3.63, 3.8) is 0 Å². The third kappa shape index (κ3) is 4.70. The molecule has 2 aromatic rings. The highest BCUT2D eigenvalue weighted by Crippen LogP contribution is 2.19. The number of nitrogens with one attached hydrogen (secondary N) is 2. The Hall–Kier alpha value is -2.67. The third-order valence-corrected chi connectivity index (χ3v) is 4.77. The van der Waals surface area contributed by atoms with Gasteiger partial charge in [-0.2, -0.15) is 0 Å². The number of thiophene rings is 1.